The van der Waals surface area contributed by atoms with E-state index in [1.54, 1.807) is 0 Å². The highest BCUT2D eigenvalue weighted by Crippen LogP contribution is 2.00. The van der Waals surface area contributed by atoms with E-state index in [1.807, 2.05) is 13.8 Å². The first-order valence-corrected chi connectivity index (χ1v) is 6.08. The summed E-state index contributed by atoms with van der Waals surface area (Å²) in [5.74, 6) is 0.366. The fourth-order valence-electron chi connectivity index (χ4n) is 1.22. The molecule has 0 aromatic carbocycles. The zero-order chi connectivity index (χ0) is 12.4. The topological polar surface area (TPSA) is 58.2 Å². The minimum atomic E-state index is 0.00504. The highest BCUT2D eigenvalue weighted by molar-refractivity contribution is 5.80. The van der Waals surface area contributed by atoms with Crippen LogP contribution in [0.25, 0.3) is 0 Å². The average Bonchev–Trinajstić information content (AvgIpc) is 2.24. The number of rotatable bonds is 9. The van der Waals surface area contributed by atoms with E-state index in [2.05, 4.69) is 17.6 Å². The lowest BCUT2D eigenvalue weighted by Crippen LogP contribution is -2.34. The normalized spacial score (nSPS) is 10.5. The number of carbonyl (C=O) groups is 2. The van der Waals surface area contributed by atoms with E-state index in [-0.39, 0.29) is 17.6 Å². The molecule has 0 aromatic heterocycles. The molecule has 94 valence electrons. The van der Waals surface area contributed by atoms with Crippen molar-refractivity contribution in [1.82, 2.24) is 10.6 Å². The molecule has 0 aromatic rings. The van der Waals surface area contributed by atoms with Crippen LogP contribution < -0.4 is 10.6 Å². The van der Waals surface area contributed by atoms with Crippen LogP contribution in [0, 0.1) is 5.92 Å². The van der Waals surface area contributed by atoms with Crippen LogP contribution in [0.1, 0.15) is 40.0 Å². The largest absolute Gasteiger partial charge is 0.355 e. The van der Waals surface area contributed by atoms with Crippen molar-refractivity contribution in [1.29, 1.82) is 0 Å². The number of amides is 1. The Balaban J connectivity index is 3.37. The second kappa shape index (κ2) is 9.33. The van der Waals surface area contributed by atoms with Gasteiger partial charge in [-0.15, -0.1) is 0 Å². The van der Waals surface area contributed by atoms with Crippen molar-refractivity contribution in [3.63, 3.8) is 0 Å². The van der Waals surface area contributed by atoms with Crippen molar-refractivity contribution >= 4 is 11.7 Å². The van der Waals surface area contributed by atoms with Crippen molar-refractivity contribution in [3.8, 4) is 0 Å². The Bertz CT molecular complexity index is 215. The maximum absolute atomic E-state index is 11.3. The molecule has 0 rings (SSSR count). The molecule has 0 saturated carbocycles. The monoisotopic (exact) mass is 228 g/mol. The highest BCUT2D eigenvalue weighted by Gasteiger charge is 2.06. The maximum Gasteiger partial charge on any atom is 0.233 e. The lowest BCUT2D eigenvalue weighted by Gasteiger charge is -2.06. The number of ketones is 1. The number of carbonyl (C=O) groups excluding carboxylic acids is 2. The molecule has 0 atom stereocenters. The fourth-order valence-corrected chi connectivity index (χ4v) is 1.22. The smallest absolute Gasteiger partial charge is 0.233 e. The highest BCUT2D eigenvalue weighted by atomic mass is 16.2. The predicted molar refractivity (Wildman–Crippen MR) is 65.2 cm³/mol. The Morgan fingerprint density at radius 1 is 1.19 bits per heavy atom. The number of nitrogens with one attached hydrogen (secondary N) is 2. The molecule has 2 N–H and O–H groups in total. The summed E-state index contributed by atoms with van der Waals surface area (Å²) >= 11 is 0. The summed E-state index contributed by atoms with van der Waals surface area (Å²) in [4.78, 5) is 22.5. The first-order valence-electron chi connectivity index (χ1n) is 6.08. The van der Waals surface area contributed by atoms with E-state index in [1.165, 1.54) is 0 Å². The van der Waals surface area contributed by atoms with Crippen LogP contribution in [0.2, 0.25) is 0 Å². The third-order valence-corrected chi connectivity index (χ3v) is 2.28. The zero-order valence-electron chi connectivity index (χ0n) is 10.6. The molecule has 0 radical (unpaired) electrons. The molecule has 0 aliphatic carbocycles. The van der Waals surface area contributed by atoms with Gasteiger partial charge in [0, 0.05) is 18.9 Å². The van der Waals surface area contributed by atoms with Crippen LogP contribution in [0.4, 0.5) is 0 Å². The van der Waals surface area contributed by atoms with Crippen molar-refractivity contribution < 1.29 is 9.59 Å². The van der Waals surface area contributed by atoms with E-state index < -0.39 is 0 Å². The summed E-state index contributed by atoms with van der Waals surface area (Å²) < 4.78 is 0. The number of hydrogen-bond acceptors (Lipinski definition) is 3. The SMILES string of the molecule is CCCNCC(=O)NCCCC(=O)C(C)C. The molecule has 0 fully saturated rings. The van der Waals surface area contributed by atoms with Gasteiger partial charge in [0.2, 0.25) is 5.91 Å². The third kappa shape index (κ3) is 8.41. The Kier molecular flexibility index (Phi) is 8.81. The Hall–Kier alpha value is -0.900. The zero-order valence-corrected chi connectivity index (χ0v) is 10.6. The number of hydrogen-bond donors (Lipinski definition) is 2. The van der Waals surface area contributed by atoms with Crippen LogP contribution in [0.3, 0.4) is 0 Å². The second-order valence-electron chi connectivity index (χ2n) is 4.25. The molecule has 0 spiro atoms. The lowest BCUT2D eigenvalue weighted by atomic mass is 10.1. The van der Waals surface area contributed by atoms with E-state index in [0.29, 0.717) is 19.5 Å². The van der Waals surface area contributed by atoms with Gasteiger partial charge in [0.1, 0.15) is 5.78 Å². The van der Waals surface area contributed by atoms with Gasteiger partial charge < -0.3 is 10.6 Å². The predicted octanol–water partition coefficient (Wildman–Crippen LogP) is 1.11. The molecular formula is C12H24N2O2. The summed E-state index contributed by atoms with van der Waals surface area (Å²) in [7, 11) is 0. The lowest BCUT2D eigenvalue weighted by molar-refractivity contribution is -0.123. The van der Waals surface area contributed by atoms with Crippen molar-refractivity contribution in [2.24, 2.45) is 5.92 Å². The van der Waals surface area contributed by atoms with Gasteiger partial charge in [-0.3, -0.25) is 9.59 Å². The van der Waals surface area contributed by atoms with Gasteiger partial charge in [-0.05, 0) is 19.4 Å². The van der Waals surface area contributed by atoms with Gasteiger partial charge in [0.05, 0.1) is 6.54 Å². The minimum Gasteiger partial charge on any atom is -0.355 e. The molecular weight excluding hydrogens is 204 g/mol. The molecule has 4 nitrogen and oxygen atoms in total. The van der Waals surface area contributed by atoms with Crippen molar-refractivity contribution in [2.45, 2.75) is 40.0 Å². The van der Waals surface area contributed by atoms with Gasteiger partial charge in [-0.25, -0.2) is 0 Å². The van der Waals surface area contributed by atoms with Gasteiger partial charge >= 0.3 is 0 Å². The number of Topliss-reactive ketones (excluding diaryl/α,β-unsaturated/α-hetero) is 1. The Morgan fingerprint density at radius 2 is 1.88 bits per heavy atom. The summed E-state index contributed by atoms with van der Waals surface area (Å²) in [6.07, 6.45) is 2.31. The van der Waals surface area contributed by atoms with Crippen LogP contribution in [-0.2, 0) is 9.59 Å². The van der Waals surface area contributed by atoms with E-state index in [9.17, 15) is 9.59 Å². The quantitative estimate of drug-likeness (QED) is 0.581. The van der Waals surface area contributed by atoms with Crippen molar-refractivity contribution in [2.75, 3.05) is 19.6 Å². The standard InChI is InChI=1S/C12H24N2O2/c1-4-7-13-9-12(16)14-8-5-6-11(15)10(2)3/h10,13H,4-9H2,1-3H3,(H,14,16). The maximum atomic E-state index is 11.3. The summed E-state index contributed by atoms with van der Waals surface area (Å²) in [5, 5.41) is 5.81. The van der Waals surface area contributed by atoms with E-state index in [4.69, 9.17) is 0 Å². The molecule has 0 aliphatic heterocycles. The molecule has 0 aliphatic rings. The van der Waals surface area contributed by atoms with Crippen LogP contribution >= 0.6 is 0 Å². The molecule has 0 bridgehead atoms. The van der Waals surface area contributed by atoms with E-state index >= 15 is 0 Å². The van der Waals surface area contributed by atoms with Crippen LogP contribution in [0.15, 0.2) is 0 Å². The molecule has 0 heterocycles. The molecule has 1 amide bonds. The summed E-state index contributed by atoms with van der Waals surface area (Å²) in [6, 6.07) is 0. The Morgan fingerprint density at radius 3 is 2.44 bits per heavy atom. The van der Waals surface area contributed by atoms with Gasteiger partial charge in [0.15, 0.2) is 0 Å². The fraction of sp³-hybridized carbons (Fsp3) is 0.833. The Labute approximate surface area is 98.2 Å². The average molecular weight is 228 g/mol. The van der Waals surface area contributed by atoms with Crippen LogP contribution in [-0.4, -0.2) is 31.3 Å². The van der Waals surface area contributed by atoms with Gasteiger partial charge in [-0.1, -0.05) is 20.8 Å². The van der Waals surface area contributed by atoms with Gasteiger partial charge in [0.25, 0.3) is 0 Å². The first kappa shape index (κ1) is 15.1. The summed E-state index contributed by atoms with van der Waals surface area (Å²) in [6.45, 7) is 7.67. The molecule has 4 heteroatoms. The molecule has 0 unspecified atom stereocenters. The molecule has 16 heavy (non-hydrogen) atoms. The van der Waals surface area contributed by atoms with Gasteiger partial charge in [-0.2, -0.15) is 0 Å². The van der Waals surface area contributed by atoms with Crippen LogP contribution in [0.5, 0.6) is 0 Å². The minimum absolute atomic E-state index is 0.00504. The van der Waals surface area contributed by atoms with E-state index in [0.717, 1.165) is 19.4 Å². The van der Waals surface area contributed by atoms with Crippen molar-refractivity contribution in [3.05, 3.63) is 0 Å². The third-order valence-electron chi connectivity index (χ3n) is 2.28. The first-order chi connectivity index (χ1) is 7.57. The summed E-state index contributed by atoms with van der Waals surface area (Å²) in [5.41, 5.74) is 0. The second-order valence-corrected chi connectivity index (χ2v) is 4.25. The molecule has 0 saturated heterocycles.